The summed E-state index contributed by atoms with van der Waals surface area (Å²) in [7, 11) is 1.63. The van der Waals surface area contributed by atoms with Gasteiger partial charge in [-0.3, -0.25) is 0 Å². The normalized spacial score (nSPS) is 13.7. The fraction of sp³-hybridized carbons (Fsp3) is 1.00. The molecular formula is C6H15NO2. The van der Waals surface area contributed by atoms with Gasteiger partial charge in [0.1, 0.15) is 0 Å². The largest absolute Gasteiger partial charge is 0.383 e. The maximum absolute atomic E-state index is 5.52. The van der Waals surface area contributed by atoms with Crippen LogP contribution in [0.5, 0.6) is 0 Å². The van der Waals surface area contributed by atoms with E-state index in [2.05, 4.69) is 0 Å². The highest BCUT2D eigenvalue weighted by molar-refractivity contribution is 4.56. The van der Waals surface area contributed by atoms with E-state index < -0.39 is 0 Å². The van der Waals surface area contributed by atoms with Gasteiger partial charge in [-0.1, -0.05) is 0 Å². The summed E-state index contributed by atoms with van der Waals surface area (Å²) in [6, 6.07) is 0.0231. The molecule has 56 valence electrons. The van der Waals surface area contributed by atoms with Crippen molar-refractivity contribution < 1.29 is 9.47 Å². The highest BCUT2D eigenvalue weighted by atomic mass is 16.5. The van der Waals surface area contributed by atoms with Gasteiger partial charge in [-0.05, 0) is 6.92 Å². The molecule has 0 spiro atoms. The first kappa shape index (κ1) is 8.88. The average Bonchev–Trinajstić information content (AvgIpc) is 1.85. The molecule has 0 amide bonds. The van der Waals surface area contributed by atoms with Crippen LogP contribution in [0.4, 0.5) is 0 Å². The molecule has 3 heteroatoms. The Bertz CT molecular complexity index is 59.0. The second-order valence-corrected chi connectivity index (χ2v) is 1.87. The van der Waals surface area contributed by atoms with Gasteiger partial charge in [-0.25, -0.2) is 0 Å². The molecule has 2 N–H and O–H groups in total. The van der Waals surface area contributed by atoms with Gasteiger partial charge < -0.3 is 15.2 Å². The lowest BCUT2D eigenvalue weighted by Gasteiger charge is -2.08. The van der Waals surface area contributed by atoms with Gasteiger partial charge >= 0.3 is 0 Å². The summed E-state index contributed by atoms with van der Waals surface area (Å²) in [4.78, 5) is 0. The van der Waals surface area contributed by atoms with Crippen LogP contribution in [0.3, 0.4) is 0 Å². The molecule has 9 heavy (non-hydrogen) atoms. The number of methoxy groups -OCH3 is 1. The molecule has 0 aromatic rings. The van der Waals surface area contributed by atoms with E-state index in [1.807, 2.05) is 6.92 Å². The van der Waals surface area contributed by atoms with Crippen molar-refractivity contribution in [2.24, 2.45) is 5.73 Å². The van der Waals surface area contributed by atoms with Crippen LogP contribution in [-0.2, 0) is 9.47 Å². The number of hydrogen-bond acceptors (Lipinski definition) is 3. The highest BCUT2D eigenvalue weighted by Gasteiger charge is 1.98. The fourth-order valence-corrected chi connectivity index (χ4v) is 0.531. The van der Waals surface area contributed by atoms with Crippen molar-refractivity contribution in [3.8, 4) is 0 Å². The van der Waals surface area contributed by atoms with Crippen molar-refractivity contribution in [1.29, 1.82) is 0 Å². The lowest BCUT2D eigenvalue weighted by Crippen LogP contribution is -2.30. The number of nitrogens with two attached hydrogens (primary N) is 1. The third-order valence-corrected chi connectivity index (χ3v) is 0.917. The Labute approximate surface area is 56.1 Å². The van der Waals surface area contributed by atoms with Gasteiger partial charge in [0.15, 0.2) is 0 Å². The van der Waals surface area contributed by atoms with Crippen molar-refractivity contribution in [3.05, 3.63) is 0 Å². The second-order valence-electron chi connectivity index (χ2n) is 1.87. The highest BCUT2D eigenvalue weighted by Crippen LogP contribution is 1.81. The van der Waals surface area contributed by atoms with Crippen molar-refractivity contribution in [2.45, 2.75) is 13.0 Å². The van der Waals surface area contributed by atoms with E-state index in [4.69, 9.17) is 15.2 Å². The van der Waals surface area contributed by atoms with Gasteiger partial charge in [0.05, 0.1) is 19.3 Å². The van der Waals surface area contributed by atoms with Crippen LogP contribution in [0.2, 0.25) is 0 Å². The summed E-state index contributed by atoms with van der Waals surface area (Å²) < 4.78 is 9.84. The smallest absolute Gasteiger partial charge is 0.0639 e. The first-order chi connectivity index (χ1) is 4.31. The standard InChI is InChI=1S/C6H15NO2/c1-3-9-5-6(7)4-8-2/h6H,3-5,7H2,1-2H3/t6-/m0/s1. The molecule has 0 radical (unpaired) electrons. The number of hydrogen-bond donors (Lipinski definition) is 1. The Hall–Kier alpha value is -0.120. The fourth-order valence-electron chi connectivity index (χ4n) is 0.531. The lowest BCUT2D eigenvalue weighted by molar-refractivity contribution is 0.0944. The lowest BCUT2D eigenvalue weighted by atomic mass is 10.4. The molecule has 0 aromatic carbocycles. The number of ether oxygens (including phenoxy) is 2. The predicted octanol–water partition coefficient (Wildman–Crippen LogP) is -0.00340. The van der Waals surface area contributed by atoms with Crippen molar-refractivity contribution in [2.75, 3.05) is 26.9 Å². The molecule has 0 saturated carbocycles. The maximum atomic E-state index is 5.52. The molecular weight excluding hydrogens is 118 g/mol. The van der Waals surface area contributed by atoms with E-state index in [1.54, 1.807) is 7.11 Å². The summed E-state index contributed by atoms with van der Waals surface area (Å²) in [6.07, 6.45) is 0. The number of rotatable bonds is 5. The third kappa shape index (κ3) is 5.76. The quantitative estimate of drug-likeness (QED) is 0.574. The SMILES string of the molecule is CCOC[C@@H](N)COC. The molecule has 0 rings (SSSR count). The topological polar surface area (TPSA) is 44.5 Å². The maximum Gasteiger partial charge on any atom is 0.0639 e. The zero-order valence-corrected chi connectivity index (χ0v) is 6.09. The van der Waals surface area contributed by atoms with Crippen LogP contribution in [-0.4, -0.2) is 33.0 Å². The Balaban J connectivity index is 2.95. The van der Waals surface area contributed by atoms with Crippen molar-refractivity contribution >= 4 is 0 Å². The summed E-state index contributed by atoms with van der Waals surface area (Å²) in [5.74, 6) is 0. The zero-order valence-electron chi connectivity index (χ0n) is 6.09. The van der Waals surface area contributed by atoms with Crippen LogP contribution in [0.1, 0.15) is 6.92 Å². The van der Waals surface area contributed by atoms with Crippen LogP contribution in [0, 0.1) is 0 Å². The Morgan fingerprint density at radius 2 is 2.11 bits per heavy atom. The minimum Gasteiger partial charge on any atom is -0.383 e. The Morgan fingerprint density at radius 3 is 2.56 bits per heavy atom. The molecule has 3 nitrogen and oxygen atoms in total. The summed E-state index contributed by atoms with van der Waals surface area (Å²) in [6.45, 7) is 3.82. The summed E-state index contributed by atoms with van der Waals surface area (Å²) in [5, 5.41) is 0. The molecule has 0 aliphatic carbocycles. The average molecular weight is 133 g/mol. The van der Waals surface area contributed by atoms with E-state index in [9.17, 15) is 0 Å². The molecule has 0 bridgehead atoms. The zero-order chi connectivity index (χ0) is 7.11. The Kier molecular flexibility index (Phi) is 5.93. The van der Waals surface area contributed by atoms with Crippen molar-refractivity contribution in [1.82, 2.24) is 0 Å². The Morgan fingerprint density at radius 1 is 1.44 bits per heavy atom. The third-order valence-electron chi connectivity index (χ3n) is 0.917. The molecule has 0 fully saturated rings. The van der Waals surface area contributed by atoms with Crippen LogP contribution in [0.15, 0.2) is 0 Å². The second kappa shape index (κ2) is 6.01. The first-order valence-corrected chi connectivity index (χ1v) is 3.13. The van der Waals surface area contributed by atoms with Gasteiger partial charge in [-0.15, -0.1) is 0 Å². The minimum absolute atomic E-state index is 0.0231. The van der Waals surface area contributed by atoms with Crippen LogP contribution in [0.25, 0.3) is 0 Å². The van der Waals surface area contributed by atoms with E-state index >= 15 is 0 Å². The molecule has 0 aliphatic heterocycles. The molecule has 1 atom stereocenters. The van der Waals surface area contributed by atoms with Gasteiger partial charge in [0, 0.05) is 13.7 Å². The first-order valence-electron chi connectivity index (χ1n) is 3.13. The summed E-state index contributed by atoms with van der Waals surface area (Å²) in [5.41, 5.74) is 5.52. The molecule has 0 unspecified atom stereocenters. The van der Waals surface area contributed by atoms with E-state index in [1.165, 1.54) is 0 Å². The minimum atomic E-state index is 0.0231. The van der Waals surface area contributed by atoms with E-state index in [0.717, 1.165) is 6.61 Å². The predicted molar refractivity (Wildman–Crippen MR) is 36.3 cm³/mol. The molecule has 0 aliphatic rings. The van der Waals surface area contributed by atoms with Gasteiger partial charge in [-0.2, -0.15) is 0 Å². The van der Waals surface area contributed by atoms with Gasteiger partial charge in [0.25, 0.3) is 0 Å². The molecule has 0 aromatic heterocycles. The van der Waals surface area contributed by atoms with Crippen LogP contribution >= 0.6 is 0 Å². The monoisotopic (exact) mass is 133 g/mol. The van der Waals surface area contributed by atoms with Crippen molar-refractivity contribution in [3.63, 3.8) is 0 Å². The molecule has 0 saturated heterocycles. The van der Waals surface area contributed by atoms with Crippen LogP contribution < -0.4 is 5.73 Å². The van der Waals surface area contributed by atoms with E-state index in [-0.39, 0.29) is 6.04 Å². The van der Waals surface area contributed by atoms with E-state index in [0.29, 0.717) is 13.2 Å². The summed E-state index contributed by atoms with van der Waals surface area (Å²) >= 11 is 0. The molecule has 0 heterocycles. The van der Waals surface area contributed by atoms with Gasteiger partial charge in [0.2, 0.25) is 0 Å².